The summed E-state index contributed by atoms with van der Waals surface area (Å²) in [6, 6.07) is 13.4. The molecule has 3 rings (SSSR count). The second kappa shape index (κ2) is 6.48. The number of nitrogens with zero attached hydrogens (tertiary/aromatic N) is 1. The van der Waals surface area contributed by atoms with Crippen LogP contribution in [0.25, 0.3) is 0 Å². The molecule has 3 atom stereocenters. The summed E-state index contributed by atoms with van der Waals surface area (Å²) in [7, 11) is -3.80. The molecule has 0 spiro atoms. The van der Waals surface area contributed by atoms with Gasteiger partial charge >= 0.3 is 0 Å². The van der Waals surface area contributed by atoms with Gasteiger partial charge in [0.1, 0.15) is 6.23 Å². The van der Waals surface area contributed by atoms with Crippen molar-refractivity contribution in [1.82, 2.24) is 4.31 Å². The van der Waals surface area contributed by atoms with Crippen LogP contribution in [0.5, 0.6) is 0 Å². The second-order valence-electron chi connectivity index (χ2n) is 6.10. The first-order chi connectivity index (χ1) is 11.4. The highest BCUT2D eigenvalue weighted by molar-refractivity contribution is 7.89. The summed E-state index contributed by atoms with van der Waals surface area (Å²) >= 11 is 6.28. The Kier molecular flexibility index (Phi) is 4.71. The summed E-state index contributed by atoms with van der Waals surface area (Å²) in [5, 5.41) is 11.0. The minimum absolute atomic E-state index is 0.176. The monoisotopic (exact) mass is 365 g/mol. The summed E-state index contributed by atoms with van der Waals surface area (Å²) < 4.78 is 27.2. The summed E-state index contributed by atoms with van der Waals surface area (Å²) in [5.74, 6) is -0.176. The van der Waals surface area contributed by atoms with Crippen molar-refractivity contribution in [3.63, 3.8) is 0 Å². The lowest BCUT2D eigenvalue weighted by Gasteiger charge is -2.51. The van der Waals surface area contributed by atoms with E-state index in [-0.39, 0.29) is 10.8 Å². The third-order valence-corrected chi connectivity index (χ3v) is 6.83. The zero-order chi connectivity index (χ0) is 17.5. The largest absolute Gasteiger partial charge is 0.377 e. The van der Waals surface area contributed by atoms with Crippen molar-refractivity contribution in [3.05, 3.63) is 64.7 Å². The summed E-state index contributed by atoms with van der Waals surface area (Å²) in [4.78, 5) is 0.179. The first-order valence-electron chi connectivity index (χ1n) is 7.90. The maximum Gasteiger partial charge on any atom is 0.245 e. The van der Waals surface area contributed by atoms with Crippen molar-refractivity contribution in [2.45, 2.75) is 37.4 Å². The van der Waals surface area contributed by atoms with Gasteiger partial charge in [-0.2, -0.15) is 4.31 Å². The molecule has 0 aliphatic carbocycles. The van der Waals surface area contributed by atoms with Gasteiger partial charge in [0, 0.05) is 10.9 Å². The molecule has 1 heterocycles. The highest BCUT2D eigenvalue weighted by Crippen LogP contribution is 2.49. The molecule has 1 fully saturated rings. The molecule has 0 aromatic heterocycles. The molecular weight excluding hydrogens is 346 g/mol. The van der Waals surface area contributed by atoms with E-state index in [0.717, 1.165) is 11.1 Å². The van der Waals surface area contributed by atoms with Crippen molar-refractivity contribution in [1.29, 1.82) is 0 Å². The van der Waals surface area contributed by atoms with Crippen LogP contribution in [0.15, 0.2) is 53.4 Å². The fraction of sp³-hybridized carbons (Fsp3) is 0.333. The van der Waals surface area contributed by atoms with E-state index in [0.29, 0.717) is 11.4 Å². The van der Waals surface area contributed by atoms with Gasteiger partial charge in [-0.15, -0.1) is 0 Å². The van der Waals surface area contributed by atoms with Gasteiger partial charge in [0.15, 0.2) is 0 Å². The molecule has 2 aromatic rings. The van der Waals surface area contributed by atoms with E-state index in [1.54, 1.807) is 36.4 Å². The van der Waals surface area contributed by atoms with Crippen LogP contribution in [0, 0.1) is 12.8 Å². The first-order valence-corrected chi connectivity index (χ1v) is 9.72. The number of benzene rings is 2. The second-order valence-corrected chi connectivity index (χ2v) is 8.35. The van der Waals surface area contributed by atoms with Crippen molar-refractivity contribution in [2.75, 3.05) is 0 Å². The first kappa shape index (κ1) is 17.4. The average Bonchev–Trinajstić information content (AvgIpc) is 2.54. The van der Waals surface area contributed by atoms with Gasteiger partial charge in [-0.05, 0) is 37.1 Å². The normalized spacial score (nSPS) is 24.6. The van der Waals surface area contributed by atoms with Gasteiger partial charge in [-0.1, -0.05) is 54.4 Å². The Morgan fingerprint density at radius 2 is 1.75 bits per heavy atom. The Morgan fingerprint density at radius 1 is 1.12 bits per heavy atom. The molecule has 1 aliphatic heterocycles. The average molecular weight is 366 g/mol. The number of aliphatic hydroxyl groups is 1. The Hall–Kier alpha value is -1.40. The highest BCUT2D eigenvalue weighted by Gasteiger charge is 2.54. The molecule has 128 valence electrons. The standard InChI is InChI=1S/C18H20ClNO3S/c1-3-14-17(15-6-4-5-7-16(15)19)20(18(14)21)24(22,23)13-10-8-12(2)9-11-13/h4-11,14,17-18,21H,3H2,1-2H3/t14-,17+,18+/m1/s1. The van der Waals surface area contributed by atoms with Gasteiger partial charge in [0.25, 0.3) is 0 Å². The van der Waals surface area contributed by atoms with Gasteiger partial charge in [0.05, 0.1) is 10.9 Å². The fourth-order valence-corrected chi connectivity index (χ4v) is 5.22. The van der Waals surface area contributed by atoms with Crippen molar-refractivity contribution < 1.29 is 13.5 Å². The Bertz CT molecular complexity index is 836. The van der Waals surface area contributed by atoms with Crippen LogP contribution in [-0.2, 0) is 10.0 Å². The van der Waals surface area contributed by atoms with Crippen LogP contribution in [0.3, 0.4) is 0 Å². The number of aliphatic hydroxyl groups excluding tert-OH is 1. The molecular formula is C18H20ClNO3S. The van der Waals surface area contributed by atoms with Crippen molar-refractivity contribution in [3.8, 4) is 0 Å². The van der Waals surface area contributed by atoms with E-state index in [1.165, 1.54) is 4.31 Å². The summed E-state index contributed by atoms with van der Waals surface area (Å²) in [6.07, 6.45) is -0.376. The van der Waals surface area contributed by atoms with Crippen LogP contribution >= 0.6 is 11.6 Å². The lowest BCUT2D eigenvalue weighted by molar-refractivity contribution is -0.124. The highest BCUT2D eigenvalue weighted by atomic mass is 35.5. The number of halogens is 1. The maximum atomic E-state index is 13.0. The summed E-state index contributed by atoms with van der Waals surface area (Å²) in [6.45, 7) is 3.84. The Morgan fingerprint density at radius 3 is 2.33 bits per heavy atom. The van der Waals surface area contributed by atoms with E-state index >= 15 is 0 Å². The van der Waals surface area contributed by atoms with Crippen LogP contribution in [-0.4, -0.2) is 24.1 Å². The van der Waals surface area contributed by atoms with E-state index < -0.39 is 22.3 Å². The van der Waals surface area contributed by atoms with E-state index in [2.05, 4.69) is 0 Å². The molecule has 2 aromatic carbocycles. The topological polar surface area (TPSA) is 57.6 Å². The predicted molar refractivity (Wildman–Crippen MR) is 94.2 cm³/mol. The van der Waals surface area contributed by atoms with Gasteiger partial charge < -0.3 is 5.11 Å². The van der Waals surface area contributed by atoms with Crippen molar-refractivity contribution >= 4 is 21.6 Å². The molecule has 24 heavy (non-hydrogen) atoms. The smallest absolute Gasteiger partial charge is 0.245 e. The molecule has 6 heteroatoms. The van der Waals surface area contributed by atoms with Gasteiger partial charge in [-0.25, -0.2) is 8.42 Å². The number of aryl methyl sites for hydroxylation is 1. The van der Waals surface area contributed by atoms with E-state index in [4.69, 9.17) is 11.6 Å². The third kappa shape index (κ3) is 2.75. The zero-order valence-corrected chi connectivity index (χ0v) is 15.1. The summed E-state index contributed by atoms with van der Waals surface area (Å²) in [5.41, 5.74) is 1.71. The van der Waals surface area contributed by atoms with Crippen LogP contribution in [0.4, 0.5) is 0 Å². The molecule has 0 saturated carbocycles. The Labute approximate surface area is 147 Å². The molecule has 0 radical (unpaired) electrons. The minimum atomic E-state index is -3.80. The SMILES string of the molecule is CC[C@@H]1[C@@H](c2ccccc2Cl)N(S(=O)(=O)c2ccc(C)cc2)[C@H]1O. The van der Waals surface area contributed by atoms with Gasteiger partial charge in [-0.3, -0.25) is 0 Å². The molecule has 4 nitrogen and oxygen atoms in total. The predicted octanol–water partition coefficient (Wildman–Crippen LogP) is 3.74. The maximum absolute atomic E-state index is 13.0. The van der Waals surface area contributed by atoms with Crippen LogP contribution < -0.4 is 0 Å². The lowest BCUT2D eigenvalue weighted by Crippen LogP contribution is -2.60. The number of rotatable bonds is 4. The number of hydrogen-bond donors (Lipinski definition) is 1. The molecule has 0 unspecified atom stereocenters. The zero-order valence-electron chi connectivity index (χ0n) is 13.6. The lowest BCUT2D eigenvalue weighted by atomic mass is 9.82. The van der Waals surface area contributed by atoms with Gasteiger partial charge in [0.2, 0.25) is 10.0 Å². The molecule has 1 N–H and O–H groups in total. The van der Waals surface area contributed by atoms with E-state index in [9.17, 15) is 13.5 Å². The van der Waals surface area contributed by atoms with Crippen LogP contribution in [0.1, 0.15) is 30.5 Å². The van der Waals surface area contributed by atoms with Crippen LogP contribution in [0.2, 0.25) is 5.02 Å². The molecule has 1 saturated heterocycles. The number of sulfonamides is 1. The quantitative estimate of drug-likeness (QED) is 0.897. The van der Waals surface area contributed by atoms with E-state index in [1.807, 2.05) is 26.0 Å². The molecule has 0 bridgehead atoms. The minimum Gasteiger partial charge on any atom is -0.377 e. The third-order valence-electron chi connectivity index (χ3n) is 4.62. The molecule has 1 aliphatic rings. The Balaban J connectivity index is 2.05. The fourth-order valence-electron chi connectivity index (χ4n) is 3.24. The number of hydrogen-bond acceptors (Lipinski definition) is 3. The van der Waals surface area contributed by atoms with Crippen molar-refractivity contribution in [2.24, 2.45) is 5.92 Å². The molecule has 0 amide bonds.